The van der Waals surface area contributed by atoms with E-state index in [-0.39, 0.29) is 17.4 Å². The molecule has 0 saturated carbocycles. The number of carbonyl (C=O) groups excluding carboxylic acids is 2. The minimum absolute atomic E-state index is 0.0310. The Labute approximate surface area is 227 Å². The lowest BCUT2D eigenvalue weighted by Crippen LogP contribution is -2.39. The molecule has 1 atom stereocenters. The van der Waals surface area contributed by atoms with E-state index < -0.39 is 11.6 Å². The van der Waals surface area contributed by atoms with Gasteiger partial charge in [0.25, 0.3) is 5.91 Å². The molecule has 0 aromatic heterocycles. The molecule has 2 aromatic carbocycles. The summed E-state index contributed by atoms with van der Waals surface area (Å²) < 4.78 is 26.5. The van der Waals surface area contributed by atoms with E-state index >= 15 is 0 Å². The molecule has 2 heterocycles. The van der Waals surface area contributed by atoms with E-state index in [2.05, 4.69) is 37.1 Å². The highest BCUT2D eigenvalue weighted by atomic mass is 19.1. The summed E-state index contributed by atoms with van der Waals surface area (Å²) in [5, 5.41) is 2.70. The van der Waals surface area contributed by atoms with Crippen LogP contribution < -0.4 is 5.32 Å². The number of nitrogens with one attached hydrogen (secondary N) is 1. The highest BCUT2D eigenvalue weighted by Crippen LogP contribution is 2.33. The van der Waals surface area contributed by atoms with Crippen LogP contribution in [0.4, 0.5) is 8.78 Å². The fourth-order valence-electron chi connectivity index (χ4n) is 5.13. The number of piperidine rings is 1. The molecule has 1 N–H and O–H groups in total. The van der Waals surface area contributed by atoms with Crippen molar-refractivity contribution in [2.24, 2.45) is 0 Å². The van der Waals surface area contributed by atoms with Gasteiger partial charge in [0.2, 0.25) is 6.41 Å². The Bertz CT molecular complexity index is 1060. The second-order valence-corrected chi connectivity index (χ2v) is 10.9. The van der Waals surface area contributed by atoms with Crippen LogP contribution in [0.25, 0.3) is 0 Å². The number of benzene rings is 2. The van der Waals surface area contributed by atoms with Crippen LogP contribution in [-0.2, 0) is 4.79 Å². The van der Waals surface area contributed by atoms with Crippen molar-refractivity contribution in [1.82, 2.24) is 15.1 Å². The summed E-state index contributed by atoms with van der Waals surface area (Å²) in [4.78, 5) is 26.8. The summed E-state index contributed by atoms with van der Waals surface area (Å²) in [5.74, 6) is -0.391. The van der Waals surface area contributed by atoms with Gasteiger partial charge in [0.05, 0.1) is 0 Å². The number of halogens is 2. The first-order valence-electron chi connectivity index (χ1n) is 13.8. The smallest absolute Gasteiger partial charge is 0.251 e. The molecule has 2 aliphatic heterocycles. The molecular formula is C31H45F2N3O2. The predicted molar refractivity (Wildman–Crippen MR) is 151 cm³/mol. The lowest BCUT2D eigenvalue weighted by atomic mass is 9.85. The molecular weight excluding hydrogens is 484 g/mol. The van der Waals surface area contributed by atoms with Gasteiger partial charge in [0.1, 0.15) is 11.6 Å². The Morgan fingerprint density at radius 3 is 2.08 bits per heavy atom. The van der Waals surface area contributed by atoms with E-state index in [1.165, 1.54) is 6.07 Å². The first-order chi connectivity index (χ1) is 18.0. The molecule has 38 heavy (non-hydrogen) atoms. The molecule has 2 fully saturated rings. The Balaban J connectivity index is 0.000000252. The average Bonchev–Trinajstić information content (AvgIpc) is 3.41. The van der Waals surface area contributed by atoms with E-state index in [9.17, 15) is 18.4 Å². The molecule has 4 rings (SSSR count). The molecule has 2 aliphatic rings. The number of hydrogen-bond donors (Lipinski definition) is 1. The van der Waals surface area contributed by atoms with Gasteiger partial charge in [0.15, 0.2) is 0 Å². The summed E-state index contributed by atoms with van der Waals surface area (Å²) in [6.07, 6.45) is 3.70. The van der Waals surface area contributed by atoms with Gasteiger partial charge in [-0.25, -0.2) is 8.78 Å². The van der Waals surface area contributed by atoms with Crippen LogP contribution in [0.5, 0.6) is 0 Å². The number of hydrogen-bond acceptors (Lipinski definition) is 3. The third-order valence-corrected chi connectivity index (χ3v) is 7.34. The average molecular weight is 530 g/mol. The Kier molecular flexibility index (Phi) is 11.9. The van der Waals surface area contributed by atoms with Crippen LogP contribution in [0.2, 0.25) is 0 Å². The summed E-state index contributed by atoms with van der Waals surface area (Å²) in [5.41, 5.74) is 3.74. The van der Waals surface area contributed by atoms with Gasteiger partial charge >= 0.3 is 0 Å². The van der Waals surface area contributed by atoms with Gasteiger partial charge < -0.3 is 10.2 Å². The van der Waals surface area contributed by atoms with Crippen LogP contribution in [0, 0.1) is 18.6 Å². The fraction of sp³-hybridized carbons (Fsp3) is 0.548. The van der Waals surface area contributed by atoms with E-state index in [1.54, 1.807) is 18.0 Å². The predicted octanol–water partition coefficient (Wildman–Crippen LogP) is 6.27. The molecule has 210 valence electrons. The van der Waals surface area contributed by atoms with E-state index in [0.717, 1.165) is 74.6 Å². The van der Waals surface area contributed by atoms with Crippen molar-refractivity contribution < 1.29 is 18.4 Å². The second kappa shape index (κ2) is 14.4. The van der Waals surface area contributed by atoms with Crippen molar-refractivity contribution in [2.45, 2.75) is 78.2 Å². The van der Waals surface area contributed by atoms with Crippen LogP contribution in [0.3, 0.4) is 0 Å². The Morgan fingerprint density at radius 1 is 0.947 bits per heavy atom. The number of aryl methyl sites for hydroxylation is 1. The Morgan fingerprint density at radius 2 is 1.55 bits per heavy atom. The molecule has 0 radical (unpaired) electrons. The second-order valence-electron chi connectivity index (χ2n) is 10.9. The SMILES string of the molecule is CC.CC(C)(C)N1CCC(c2ccc(F)cc2F)C1.CNC(=O)c1cc(C)ccc1C1CCN(C=O)CC1. The summed E-state index contributed by atoms with van der Waals surface area (Å²) in [6, 6.07) is 9.96. The largest absolute Gasteiger partial charge is 0.355 e. The van der Waals surface area contributed by atoms with Gasteiger partial charge in [-0.15, -0.1) is 0 Å². The van der Waals surface area contributed by atoms with Crippen LogP contribution in [-0.4, -0.2) is 60.9 Å². The standard InChI is InChI=1S/C15H20N2O2.C14H19F2N.C2H6/c1-11-3-4-13(14(9-11)15(19)16-2)12-5-7-17(10-18)8-6-12;1-14(2,3)17-7-6-10(9-17)12-5-4-11(15)8-13(12)16;1-2/h3-4,9-10,12H,5-8H2,1-2H3,(H,16,19);4-5,8,10H,6-7,9H2,1-3H3;1-2H3. The van der Waals surface area contributed by atoms with Gasteiger partial charge in [0, 0.05) is 49.8 Å². The zero-order chi connectivity index (χ0) is 28.5. The van der Waals surface area contributed by atoms with Gasteiger partial charge in [-0.2, -0.15) is 0 Å². The third kappa shape index (κ3) is 8.35. The van der Waals surface area contributed by atoms with Crippen LogP contribution in [0.15, 0.2) is 36.4 Å². The molecule has 7 heteroatoms. The monoisotopic (exact) mass is 529 g/mol. The fourth-order valence-corrected chi connectivity index (χ4v) is 5.13. The minimum atomic E-state index is -0.503. The van der Waals surface area contributed by atoms with Crippen molar-refractivity contribution in [3.63, 3.8) is 0 Å². The van der Waals surface area contributed by atoms with Crippen molar-refractivity contribution >= 4 is 12.3 Å². The van der Waals surface area contributed by atoms with Crippen molar-refractivity contribution in [3.8, 4) is 0 Å². The number of nitrogens with zero attached hydrogens (tertiary/aromatic N) is 2. The van der Waals surface area contributed by atoms with Crippen molar-refractivity contribution in [1.29, 1.82) is 0 Å². The van der Waals surface area contributed by atoms with Crippen LogP contribution in [0.1, 0.15) is 92.8 Å². The topological polar surface area (TPSA) is 52.7 Å². The molecule has 2 amide bonds. The molecule has 0 bridgehead atoms. The maximum absolute atomic E-state index is 13.7. The molecule has 0 spiro atoms. The normalized spacial score (nSPS) is 18.1. The number of amides is 2. The molecule has 2 aromatic rings. The van der Waals surface area contributed by atoms with E-state index in [0.29, 0.717) is 11.5 Å². The lowest BCUT2D eigenvalue weighted by molar-refractivity contribution is -0.119. The van der Waals surface area contributed by atoms with Crippen molar-refractivity contribution in [3.05, 3.63) is 70.3 Å². The third-order valence-electron chi connectivity index (χ3n) is 7.34. The maximum Gasteiger partial charge on any atom is 0.251 e. The first kappa shape index (κ1) is 31.4. The molecule has 5 nitrogen and oxygen atoms in total. The highest BCUT2D eigenvalue weighted by Gasteiger charge is 2.32. The Hall–Kier alpha value is -2.80. The first-order valence-corrected chi connectivity index (χ1v) is 13.8. The van der Waals surface area contributed by atoms with Gasteiger partial charge in [-0.1, -0.05) is 37.6 Å². The zero-order valence-electron chi connectivity index (χ0n) is 24.1. The van der Waals surface area contributed by atoms with E-state index in [1.807, 2.05) is 32.9 Å². The maximum atomic E-state index is 13.7. The molecule has 2 saturated heterocycles. The van der Waals surface area contributed by atoms with E-state index in [4.69, 9.17) is 0 Å². The summed E-state index contributed by atoms with van der Waals surface area (Å²) in [7, 11) is 1.66. The number of likely N-dealkylation sites (tertiary alicyclic amines) is 2. The van der Waals surface area contributed by atoms with Gasteiger partial charge in [-0.05, 0) is 82.7 Å². The molecule has 1 unspecified atom stereocenters. The van der Waals surface area contributed by atoms with Crippen molar-refractivity contribution in [2.75, 3.05) is 33.2 Å². The number of carbonyl (C=O) groups is 2. The van der Waals surface area contributed by atoms with Crippen LogP contribution >= 0.6 is 0 Å². The minimum Gasteiger partial charge on any atom is -0.355 e. The lowest BCUT2D eigenvalue weighted by Gasteiger charge is -2.31. The quantitative estimate of drug-likeness (QED) is 0.475. The number of rotatable bonds is 4. The molecule has 0 aliphatic carbocycles. The summed E-state index contributed by atoms with van der Waals surface area (Å²) in [6.45, 7) is 15.9. The highest BCUT2D eigenvalue weighted by molar-refractivity contribution is 5.95. The zero-order valence-corrected chi connectivity index (χ0v) is 24.1. The van der Waals surface area contributed by atoms with Gasteiger partial charge in [-0.3, -0.25) is 14.5 Å². The summed E-state index contributed by atoms with van der Waals surface area (Å²) >= 11 is 0.